The van der Waals surface area contributed by atoms with E-state index in [1.54, 1.807) is 0 Å². The zero-order valence-electron chi connectivity index (χ0n) is 15.1. The Morgan fingerprint density at radius 2 is 1.81 bits per heavy atom. The van der Waals surface area contributed by atoms with E-state index in [0.717, 1.165) is 34.4 Å². The van der Waals surface area contributed by atoms with Crippen molar-refractivity contribution in [2.24, 2.45) is 5.73 Å². The van der Waals surface area contributed by atoms with Gasteiger partial charge in [0.1, 0.15) is 11.3 Å². The summed E-state index contributed by atoms with van der Waals surface area (Å²) in [7, 11) is 4.19. The van der Waals surface area contributed by atoms with Crippen molar-refractivity contribution < 1.29 is 4.42 Å². The molecule has 4 nitrogen and oxygen atoms in total. The monoisotopic (exact) mass is 345 g/mol. The Hall–Kier alpha value is -2.69. The Kier molecular flexibility index (Phi) is 4.45. The fourth-order valence-corrected chi connectivity index (χ4v) is 3.56. The van der Waals surface area contributed by atoms with Crippen LogP contribution in [0.5, 0.6) is 0 Å². The van der Waals surface area contributed by atoms with Gasteiger partial charge < -0.3 is 15.1 Å². The molecule has 0 spiro atoms. The molecule has 2 aromatic carbocycles. The highest BCUT2D eigenvalue weighted by Gasteiger charge is 2.19. The molecule has 1 atom stereocenters. The molecule has 0 aliphatic heterocycles. The molecule has 4 aromatic rings. The first-order chi connectivity index (χ1) is 12.7. The normalized spacial score (nSPS) is 12.9. The number of hydrogen-bond donors (Lipinski definition) is 1. The van der Waals surface area contributed by atoms with Crippen LogP contribution in [0.3, 0.4) is 0 Å². The van der Waals surface area contributed by atoms with Crippen molar-refractivity contribution in [2.45, 2.75) is 12.5 Å². The molecule has 0 aliphatic carbocycles. The van der Waals surface area contributed by atoms with Crippen LogP contribution >= 0.6 is 0 Å². The summed E-state index contributed by atoms with van der Waals surface area (Å²) >= 11 is 0. The van der Waals surface area contributed by atoms with Crippen LogP contribution in [-0.4, -0.2) is 30.5 Å². The van der Waals surface area contributed by atoms with E-state index in [-0.39, 0.29) is 6.04 Å². The lowest BCUT2D eigenvalue weighted by Gasteiger charge is -2.26. The Bertz CT molecular complexity index is 1020. The summed E-state index contributed by atoms with van der Waals surface area (Å²) in [6.07, 6.45) is 0.889. The Labute approximate surface area is 153 Å². The van der Waals surface area contributed by atoms with Gasteiger partial charge in [-0.25, -0.2) is 4.98 Å². The van der Waals surface area contributed by atoms with Gasteiger partial charge >= 0.3 is 0 Å². The summed E-state index contributed by atoms with van der Waals surface area (Å²) in [5.74, 6) is 0.795. The number of para-hydroxylation sites is 2. The van der Waals surface area contributed by atoms with Crippen molar-refractivity contribution in [1.82, 2.24) is 9.88 Å². The number of fused-ring (bicyclic) bond motifs is 2. The minimum atomic E-state index is 0.232. The maximum Gasteiger partial charge on any atom is 0.153 e. The highest BCUT2D eigenvalue weighted by atomic mass is 16.3. The molecule has 2 aromatic heterocycles. The van der Waals surface area contributed by atoms with Gasteiger partial charge in [-0.3, -0.25) is 0 Å². The number of nitrogens with zero attached hydrogens (tertiary/aromatic N) is 2. The quantitative estimate of drug-likeness (QED) is 0.574. The molecule has 2 heterocycles. The molecule has 0 fully saturated rings. The first kappa shape index (κ1) is 16.8. The lowest BCUT2D eigenvalue weighted by molar-refractivity contribution is 0.288. The zero-order chi connectivity index (χ0) is 18.1. The minimum Gasteiger partial charge on any atom is -0.454 e. The first-order valence-electron chi connectivity index (χ1n) is 8.92. The summed E-state index contributed by atoms with van der Waals surface area (Å²) in [4.78, 5) is 7.08. The first-order valence-corrected chi connectivity index (χ1v) is 8.92. The van der Waals surface area contributed by atoms with Crippen LogP contribution in [0.4, 0.5) is 0 Å². The van der Waals surface area contributed by atoms with Crippen LogP contribution in [0, 0.1) is 0 Å². The second kappa shape index (κ2) is 6.90. The van der Waals surface area contributed by atoms with Crippen molar-refractivity contribution in [3.63, 3.8) is 0 Å². The molecular weight excluding hydrogens is 322 g/mol. The van der Waals surface area contributed by atoms with E-state index in [0.29, 0.717) is 6.54 Å². The molecule has 1 unspecified atom stereocenters. The number of benzene rings is 2. The minimum absolute atomic E-state index is 0.232. The molecule has 0 saturated heterocycles. The summed E-state index contributed by atoms with van der Waals surface area (Å²) in [6.45, 7) is 0.638. The van der Waals surface area contributed by atoms with E-state index in [1.165, 1.54) is 10.9 Å². The number of hydrogen-bond acceptors (Lipinski definition) is 4. The van der Waals surface area contributed by atoms with Gasteiger partial charge in [0.05, 0.1) is 5.52 Å². The van der Waals surface area contributed by atoms with Gasteiger partial charge in [0.15, 0.2) is 5.76 Å². The maximum atomic E-state index is 6.06. The Balaban J connectivity index is 1.93. The highest BCUT2D eigenvalue weighted by Crippen LogP contribution is 2.34. The zero-order valence-corrected chi connectivity index (χ0v) is 15.1. The van der Waals surface area contributed by atoms with Gasteiger partial charge in [0, 0.05) is 16.8 Å². The third-order valence-corrected chi connectivity index (χ3v) is 4.85. The smallest absolute Gasteiger partial charge is 0.153 e. The van der Waals surface area contributed by atoms with Gasteiger partial charge in [0.25, 0.3) is 0 Å². The van der Waals surface area contributed by atoms with Crippen molar-refractivity contribution in [2.75, 3.05) is 20.6 Å². The van der Waals surface area contributed by atoms with E-state index in [9.17, 15) is 0 Å². The molecule has 0 amide bonds. The third kappa shape index (κ3) is 2.98. The van der Waals surface area contributed by atoms with Crippen molar-refractivity contribution in [3.8, 4) is 11.5 Å². The average Bonchev–Trinajstić information content (AvgIpc) is 3.09. The largest absolute Gasteiger partial charge is 0.454 e. The van der Waals surface area contributed by atoms with Crippen LogP contribution in [0.15, 0.2) is 65.1 Å². The molecular formula is C22H23N3O. The van der Waals surface area contributed by atoms with E-state index in [2.05, 4.69) is 55.4 Å². The second-order valence-electron chi connectivity index (χ2n) is 6.82. The molecule has 132 valence electrons. The van der Waals surface area contributed by atoms with Crippen LogP contribution < -0.4 is 5.73 Å². The Morgan fingerprint density at radius 3 is 2.58 bits per heavy atom. The van der Waals surface area contributed by atoms with Crippen LogP contribution in [0.2, 0.25) is 0 Å². The fourth-order valence-electron chi connectivity index (χ4n) is 3.56. The van der Waals surface area contributed by atoms with Gasteiger partial charge in [-0.15, -0.1) is 0 Å². The van der Waals surface area contributed by atoms with Gasteiger partial charge in [-0.05, 0) is 56.9 Å². The number of aromatic nitrogens is 1. The summed E-state index contributed by atoms with van der Waals surface area (Å²) in [6, 6.07) is 20.8. The Morgan fingerprint density at radius 1 is 1.04 bits per heavy atom. The molecule has 0 radical (unpaired) electrons. The maximum absolute atomic E-state index is 6.06. The summed E-state index contributed by atoms with van der Waals surface area (Å²) in [5.41, 5.74) is 9.84. The predicted molar refractivity (Wildman–Crippen MR) is 107 cm³/mol. The predicted octanol–water partition coefficient (Wildman–Crippen LogP) is 4.60. The van der Waals surface area contributed by atoms with Crippen molar-refractivity contribution in [3.05, 3.63) is 66.2 Å². The number of nitrogens with two attached hydrogens (primary N) is 1. The average molecular weight is 345 g/mol. The molecule has 4 heteroatoms. The SMILES string of the molecule is CN(C)C(CCN)c1cc(-c2cc3ccccc3o2)nc2ccccc12. The van der Waals surface area contributed by atoms with Crippen LogP contribution in [-0.2, 0) is 0 Å². The van der Waals surface area contributed by atoms with E-state index < -0.39 is 0 Å². The second-order valence-corrected chi connectivity index (χ2v) is 6.82. The van der Waals surface area contributed by atoms with Crippen molar-refractivity contribution >= 4 is 21.9 Å². The highest BCUT2D eigenvalue weighted by molar-refractivity contribution is 5.87. The van der Waals surface area contributed by atoms with Crippen LogP contribution in [0.1, 0.15) is 18.0 Å². The van der Waals surface area contributed by atoms with Gasteiger partial charge in [-0.1, -0.05) is 36.4 Å². The summed E-state index contributed by atoms with van der Waals surface area (Å²) in [5, 5.41) is 2.25. The van der Waals surface area contributed by atoms with Crippen molar-refractivity contribution in [1.29, 1.82) is 0 Å². The number of furan rings is 1. The standard InChI is InChI=1S/C22H23N3O/c1-25(2)20(11-12-23)17-14-19(24-18-9-5-4-8-16(17)18)22-13-15-7-3-6-10-21(15)26-22/h3-10,13-14,20H,11-12,23H2,1-2H3. The van der Waals surface area contributed by atoms with Crippen LogP contribution in [0.25, 0.3) is 33.3 Å². The van der Waals surface area contributed by atoms with E-state index in [1.807, 2.05) is 24.3 Å². The molecule has 2 N–H and O–H groups in total. The third-order valence-electron chi connectivity index (χ3n) is 4.85. The number of pyridine rings is 1. The molecule has 0 saturated carbocycles. The van der Waals surface area contributed by atoms with Gasteiger partial charge in [-0.2, -0.15) is 0 Å². The molecule has 0 bridgehead atoms. The van der Waals surface area contributed by atoms with E-state index in [4.69, 9.17) is 15.1 Å². The van der Waals surface area contributed by atoms with Gasteiger partial charge in [0.2, 0.25) is 0 Å². The number of rotatable bonds is 5. The molecule has 4 rings (SSSR count). The lowest BCUT2D eigenvalue weighted by Crippen LogP contribution is -2.23. The lowest BCUT2D eigenvalue weighted by atomic mass is 9.97. The summed E-state index contributed by atoms with van der Waals surface area (Å²) < 4.78 is 6.06. The molecule has 26 heavy (non-hydrogen) atoms. The topological polar surface area (TPSA) is 55.3 Å². The fraction of sp³-hybridized carbons (Fsp3) is 0.227. The van der Waals surface area contributed by atoms with E-state index >= 15 is 0 Å². The molecule has 0 aliphatic rings.